The van der Waals surface area contributed by atoms with Gasteiger partial charge in [0.1, 0.15) is 5.75 Å². The van der Waals surface area contributed by atoms with Gasteiger partial charge in [-0.25, -0.2) is 0 Å². The fourth-order valence-corrected chi connectivity index (χ4v) is 2.14. The van der Waals surface area contributed by atoms with Crippen LogP contribution in [-0.4, -0.2) is 34.3 Å². The van der Waals surface area contributed by atoms with Crippen LogP contribution in [0.1, 0.15) is 40.5 Å². The summed E-state index contributed by atoms with van der Waals surface area (Å²) in [6.07, 6.45) is 2.09. The molecule has 1 aromatic rings. The van der Waals surface area contributed by atoms with E-state index < -0.39 is 23.2 Å². The van der Waals surface area contributed by atoms with Gasteiger partial charge in [0, 0.05) is 6.07 Å². The Kier molecular flexibility index (Phi) is 3.41. The van der Waals surface area contributed by atoms with Gasteiger partial charge < -0.3 is 24.2 Å². The maximum Gasteiger partial charge on any atom is 0.542 e. The molecule has 0 aromatic carbocycles. The lowest BCUT2D eigenvalue weighted by Gasteiger charge is -2.32. The van der Waals surface area contributed by atoms with E-state index in [-0.39, 0.29) is 11.9 Å². The number of aromatic nitrogens is 1. The van der Waals surface area contributed by atoms with Crippen LogP contribution in [0.25, 0.3) is 0 Å². The second kappa shape index (κ2) is 4.92. The van der Waals surface area contributed by atoms with Gasteiger partial charge in [0.15, 0.2) is 5.59 Å². The lowest BCUT2D eigenvalue weighted by molar-refractivity contribution is -0.389. The SMILES string of the molecule is CC1(C)OB(c2cc(OC3CC3)cc([N+](=O)[O-])n2)OC1(C)C. The van der Waals surface area contributed by atoms with Crippen molar-refractivity contribution < 1.29 is 19.0 Å². The molecule has 1 saturated carbocycles. The highest BCUT2D eigenvalue weighted by Crippen LogP contribution is 2.37. The molecule has 3 rings (SSSR count). The number of rotatable bonds is 4. The highest BCUT2D eigenvalue weighted by molar-refractivity contribution is 6.61. The van der Waals surface area contributed by atoms with Gasteiger partial charge in [-0.15, -0.1) is 0 Å². The minimum Gasteiger partial charge on any atom is -0.490 e. The van der Waals surface area contributed by atoms with Crippen LogP contribution in [0.4, 0.5) is 5.82 Å². The summed E-state index contributed by atoms with van der Waals surface area (Å²) >= 11 is 0. The number of ether oxygens (including phenoxy) is 1. The van der Waals surface area contributed by atoms with Crippen molar-refractivity contribution in [3.63, 3.8) is 0 Å². The smallest absolute Gasteiger partial charge is 0.490 e. The average molecular weight is 306 g/mol. The van der Waals surface area contributed by atoms with Crippen molar-refractivity contribution in [3.05, 3.63) is 22.2 Å². The Hall–Kier alpha value is -1.67. The first-order valence-corrected chi connectivity index (χ1v) is 7.37. The van der Waals surface area contributed by atoms with E-state index in [1.165, 1.54) is 6.07 Å². The highest BCUT2D eigenvalue weighted by atomic mass is 16.7. The summed E-state index contributed by atoms with van der Waals surface area (Å²) in [4.78, 5) is 14.6. The molecule has 0 spiro atoms. The standard InChI is InChI=1S/C14H19BN2O5/c1-13(2)14(3,4)22-15(21-13)11-7-10(20-9-5-6-9)8-12(16-11)17(18)19/h7-9H,5-6H2,1-4H3. The first kappa shape index (κ1) is 15.2. The minimum absolute atomic E-state index is 0.146. The average Bonchev–Trinajstić information content (AvgIpc) is 3.16. The molecular weight excluding hydrogens is 287 g/mol. The summed E-state index contributed by atoms with van der Waals surface area (Å²) in [5.41, 5.74) is -0.688. The first-order valence-electron chi connectivity index (χ1n) is 7.37. The molecule has 0 amide bonds. The summed E-state index contributed by atoms with van der Waals surface area (Å²) in [6, 6.07) is 3.00. The quantitative estimate of drug-likeness (QED) is 0.479. The molecule has 0 N–H and O–H groups in total. The van der Waals surface area contributed by atoms with Crippen molar-refractivity contribution in [2.24, 2.45) is 0 Å². The van der Waals surface area contributed by atoms with Crippen LogP contribution in [0.15, 0.2) is 12.1 Å². The summed E-state index contributed by atoms with van der Waals surface area (Å²) in [7, 11) is -0.744. The first-order chi connectivity index (χ1) is 10.2. The Morgan fingerprint density at radius 3 is 2.36 bits per heavy atom. The van der Waals surface area contributed by atoms with Crippen molar-refractivity contribution in [3.8, 4) is 5.75 Å². The Morgan fingerprint density at radius 1 is 1.27 bits per heavy atom. The van der Waals surface area contributed by atoms with Crippen molar-refractivity contribution in [1.82, 2.24) is 4.98 Å². The van der Waals surface area contributed by atoms with Gasteiger partial charge in [-0.3, -0.25) is 0 Å². The summed E-state index contributed by atoms with van der Waals surface area (Å²) in [5.74, 6) is 0.178. The van der Waals surface area contributed by atoms with E-state index in [1.54, 1.807) is 6.07 Å². The van der Waals surface area contributed by atoms with Crippen LogP contribution in [0, 0.1) is 10.1 Å². The molecule has 1 aromatic heterocycles. The maximum atomic E-state index is 11.1. The third kappa shape index (κ3) is 2.80. The molecule has 0 radical (unpaired) electrons. The zero-order valence-corrected chi connectivity index (χ0v) is 13.2. The molecule has 2 aliphatic rings. The van der Waals surface area contributed by atoms with Gasteiger partial charge in [0.25, 0.3) is 0 Å². The monoisotopic (exact) mass is 306 g/mol. The van der Waals surface area contributed by atoms with Crippen molar-refractivity contribution in [1.29, 1.82) is 0 Å². The zero-order chi connectivity index (χ0) is 16.1. The highest BCUT2D eigenvalue weighted by Gasteiger charge is 2.54. The Bertz CT molecular complexity index is 599. The summed E-state index contributed by atoms with van der Waals surface area (Å²) in [6.45, 7) is 7.69. The molecule has 1 aliphatic heterocycles. The topological polar surface area (TPSA) is 83.7 Å². The number of hydrogen-bond acceptors (Lipinski definition) is 6. The molecule has 8 heteroatoms. The van der Waals surface area contributed by atoms with E-state index in [0.717, 1.165) is 12.8 Å². The predicted molar refractivity (Wildman–Crippen MR) is 80.3 cm³/mol. The third-order valence-electron chi connectivity index (χ3n) is 4.31. The second-order valence-electron chi connectivity index (χ2n) is 6.75. The maximum absolute atomic E-state index is 11.1. The fraction of sp³-hybridized carbons (Fsp3) is 0.643. The van der Waals surface area contributed by atoms with Gasteiger partial charge in [0.05, 0.1) is 23.4 Å². The second-order valence-corrected chi connectivity index (χ2v) is 6.75. The van der Waals surface area contributed by atoms with Crippen molar-refractivity contribution >= 4 is 18.5 Å². The molecule has 1 saturated heterocycles. The van der Waals surface area contributed by atoms with Crippen LogP contribution in [0.5, 0.6) is 5.75 Å². The molecule has 2 fully saturated rings. The molecular formula is C14H19BN2O5. The van der Waals surface area contributed by atoms with E-state index in [2.05, 4.69) is 4.98 Å². The summed E-state index contributed by atoms with van der Waals surface area (Å²) in [5, 5.41) is 11.1. The van der Waals surface area contributed by atoms with Gasteiger partial charge in [0.2, 0.25) is 0 Å². The van der Waals surface area contributed by atoms with Crippen LogP contribution >= 0.6 is 0 Å². The summed E-state index contributed by atoms with van der Waals surface area (Å²) < 4.78 is 17.5. The molecule has 22 heavy (non-hydrogen) atoms. The van der Waals surface area contributed by atoms with Crippen LogP contribution in [0.2, 0.25) is 0 Å². The number of pyridine rings is 1. The van der Waals surface area contributed by atoms with E-state index in [1.807, 2.05) is 27.7 Å². The molecule has 7 nitrogen and oxygen atoms in total. The predicted octanol–water partition coefficient (Wildman–Crippen LogP) is 1.83. The Morgan fingerprint density at radius 2 is 1.86 bits per heavy atom. The number of hydrogen-bond donors (Lipinski definition) is 0. The van der Waals surface area contributed by atoms with Crippen molar-refractivity contribution in [2.75, 3.05) is 0 Å². The normalized spacial score (nSPS) is 22.6. The lowest BCUT2D eigenvalue weighted by Crippen LogP contribution is -2.41. The zero-order valence-electron chi connectivity index (χ0n) is 13.2. The number of nitrogens with zero attached hydrogens (tertiary/aromatic N) is 2. The molecule has 0 bridgehead atoms. The largest absolute Gasteiger partial charge is 0.542 e. The van der Waals surface area contributed by atoms with E-state index in [9.17, 15) is 10.1 Å². The third-order valence-corrected chi connectivity index (χ3v) is 4.31. The van der Waals surface area contributed by atoms with E-state index >= 15 is 0 Å². The van der Waals surface area contributed by atoms with Gasteiger partial charge >= 0.3 is 12.9 Å². The van der Waals surface area contributed by atoms with E-state index in [4.69, 9.17) is 14.0 Å². The number of nitro groups is 1. The Balaban J connectivity index is 1.92. The van der Waals surface area contributed by atoms with Gasteiger partial charge in [-0.1, -0.05) is 0 Å². The van der Waals surface area contributed by atoms with Crippen molar-refractivity contribution in [2.45, 2.75) is 57.8 Å². The van der Waals surface area contributed by atoms with Gasteiger partial charge in [-0.05, 0) is 50.4 Å². The minimum atomic E-state index is -0.744. The molecule has 2 heterocycles. The molecule has 0 unspecified atom stereocenters. The molecule has 118 valence electrons. The van der Waals surface area contributed by atoms with Crippen LogP contribution < -0.4 is 10.3 Å². The fourth-order valence-electron chi connectivity index (χ4n) is 2.14. The van der Waals surface area contributed by atoms with Gasteiger partial charge in [-0.2, -0.15) is 0 Å². The molecule has 0 atom stereocenters. The van der Waals surface area contributed by atoms with E-state index in [0.29, 0.717) is 11.3 Å². The molecule has 1 aliphatic carbocycles. The van der Waals surface area contributed by atoms with Crippen LogP contribution in [0.3, 0.4) is 0 Å². The Labute approximate surface area is 129 Å². The van der Waals surface area contributed by atoms with Crippen LogP contribution in [-0.2, 0) is 9.31 Å². The lowest BCUT2D eigenvalue weighted by atomic mass is 9.84.